The van der Waals surface area contributed by atoms with E-state index >= 15 is 0 Å². The predicted octanol–water partition coefficient (Wildman–Crippen LogP) is 2.07. The van der Waals surface area contributed by atoms with Gasteiger partial charge in [-0.1, -0.05) is 0 Å². The maximum atomic E-state index is 10.8. The van der Waals surface area contributed by atoms with Crippen LogP contribution in [0.1, 0.15) is 10.6 Å². The molecule has 0 fully saturated rings. The van der Waals surface area contributed by atoms with Crippen molar-refractivity contribution in [2.75, 3.05) is 27.2 Å². The van der Waals surface area contributed by atoms with Gasteiger partial charge in [-0.3, -0.25) is 0 Å². The second kappa shape index (κ2) is 5.10. The molecule has 0 saturated carbocycles. The molecule has 18 heavy (non-hydrogen) atoms. The number of hydrogen-bond donors (Lipinski definition) is 1. The number of rotatable bonds is 5. The summed E-state index contributed by atoms with van der Waals surface area (Å²) in [5.74, 6) is -0.418. The third kappa shape index (κ3) is 2.81. The predicted molar refractivity (Wildman–Crippen MR) is 67.2 cm³/mol. The zero-order chi connectivity index (χ0) is 13.1. The molecular weight excluding hydrogens is 234 g/mol. The normalized spacial score (nSPS) is 11.1. The van der Waals surface area contributed by atoms with Gasteiger partial charge in [0.1, 0.15) is 17.9 Å². The standard InChI is InChI=1S/C13H15NO4/c1-14(2)5-6-17-10-3-4-11-9(7-10)8-12(18-11)13(15)16/h3-4,7-8H,5-6H2,1-2H3,(H,15,16). The number of nitrogens with zero attached hydrogens (tertiary/aromatic N) is 1. The van der Waals surface area contributed by atoms with Gasteiger partial charge in [0.2, 0.25) is 5.76 Å². The van der Waals surface area contributed by atoms with Crippen molar-refractivity contribution in [2.45, 2.75) is 0 Å². The van der Waals surface area contributed by atoms with E-state index in [1.54, 1.807) is 18.2 Å². The summed E-state index contributed by atoms with van der Waals surface area (Å²) in [5.41, 5.74) is 0.548. The Morgan fingerprint density at radius 2 is 2.17 bits per heavy atom. The van der Waals surface area contributed by atoms with Crippen molar-refractivity contribution in [3.63, 3.8) is 0 Å². The molecule has 96 valence electrons. The number of carboxylic acids is 1. The van der Waals surface area contributed by atoms with Crippen molar-refractivity contribution < 1.29 is 19.1 Å². The Hall–Kier alpha value is -2.01. The van der Waals surface area contributed by atoms with Crippen LogP contribution in [0.4, 0.5) is 0 Å². The van der Waals surface area contributed by atoms with Crippen molar-refractivity contribution in [2.24, 2.45) is 0 Å². The summed E-state index contributed by atoms with van der Waals surface area (Å²) in [4.78, 5) is 12.8. The molecule has 1 N–H and O–H groups in total. The molecule has 2 rings (SSSR count). The van der Waals surface area contributed by atoms with E-state index in [-0.39, 0.29) is 5.76 Å². The highest BCUT2D eigenvalue weighted by atomic mass is 16.5. The summed E-state index contributed by atoms with van der Waals surface area (Å²) in [5, 5.41) is 9.56. The van der Waals surface area contributed by atoms with Gasteiger partial charge in [0, 0.05) is 11.9 Å². The van der Waals surface area contributed by atoms with Crippen molar-refractivity contribution in [1.82, 2.24) is 4.90 Å². The zero-order valence-corrected chi connectivity index (χ0v) is 10.3. The topological polar surface area (TPSA) is 62.9 Å². The van der Waals surface area contributed by atoms with Crippen LogP contribution in [0.5, 0.6) is 5.75 Å². The van der Waals surface area contributed by atoms with Crippen LogP contribution in [-0.4, -0.2) is 43.2 Å². The first-order valence-corrected chi connectivity index (χ1v) is 5.60. The molecule has 5 nitrogen and oxygen atoms in total. The van der Waals surface area contributed by atoms with Gasteiger partial charge < -0.3 is 19.2 Å². The van der Waals surface area contributed by atoms with Crippen LogP contribution in [0.2, 0.25) is 0 Å². The molecule has 0 amide bonds. The fourth-order valence-corrected chi connectivity index (χ4v) is 1.56. The summed E-state index contributed by atoms with van der Waals surface area (Å²) in [6, 6.07) is 6.76. The van der Waals surface area contributed by atoms with Crippen molar-refractivity contribution in [3.8, 4) is 5.75 Å². The Labute approximate surface area is 105 Å². The summed E-state index contributed by atoms with van der Waals surface area (Å²) < 4.78 is 10.7. The molecule has 0 aliphatic carbocycles. The minimum Gasteiger partial charge on any atom is -0.492 e. The summed E-state index contributed by atoms with van der Waals surface area (Å²) in [6.07, 6.45) is 0. The lowest BCUT2D eigenvalue weighted by molar-refractivity contribution is 0.0665. The number of fused-ring (bicyclic) bond motifs is 1. The number of furan rings is 1. The molecule has 0 aliphatic heterocycles. The summed E-state index contributed by atoms with van der Waals surface area (Å²) in [7, 11) is 3.95. The molecule has 0 spiro atoms. The van der Waals surface area contributed by atoms with Crippen LogP contribution in [-0.2, 0) is 0 Å². The lowest BCUT2D eigenvalue weighted by Crippen LogP contribution is -2.19. The Morgan fingerprint density at radius 1 is 1.39 bits per heavy atom. The first-order valence-electron chi connectivity index (χ1n) is 5.60. The SMILES string of the molecule is CN(C)CCOc1ccc2oc(C(=O)O)cc2c1. The molecule has 0 saturated heterocycles. The Bertz CT molecular complexity index is 559. The van der Waals surface area contributed by atoms with Crippen LogP contribution in [0, 0.1) is 0 Å². The number of benzene rings is 1. The highest BCUT2D eigenvalue weighted by Gasteiger charge is 2.10. The average Bonchev–Trinajstić information content (AvgIpc) is 2.71. The quantitative estimate of drug-likeness (QED) is 0.878. The molecule has 1 heterocycles. The van der Waals surface area contributed by atoms with E-state index in [0.717, 1.165) is 11.9 Å². The molecular formula is C13H15NO4. The lowest BCUT2D eigenvalue weighted by atomic mass is 10.2. The van der Waals surface area contributed by atoms with Gasteiger partial charge in [0.05, 0.1) is 0 Å². The van der Waals surface area contributed by atoms with E-state index in [1.807, 2.05) is 19.0 Å². The Kier molecular flexibility index (Phi) is 3.53. The van der Waals surface area contributed by atoms with E-state index in [9.17, 15) is 4.79 Å². The highest BCUT2D eigenvalue weighted by Crippen LogP contribution is 2.24. The minimum atomic E-state index is -1.07. The number of likely N-dealkylation sites (N-methyl/N-ethyl adjacent to an activating group) is 1. The van der Waals surface area contributed by atoms with Crippen LogP contribution in [0.3, 0.4) is 0 Å². The molecule has 1 aromatic carbocycles. The summed E-state index contributed by atoms with van der Waals surface area (Å²) >= 11 is 0. The smallest absolute Gasteiger partial charge is 0.371 e. The Morgan fingerprint density at radius 3 is 2.83 bits per heavy atom. The summed E-state index contributed by atoms with van der Waals surface area (Å²) in [6.45, 7) is 1.41. The van der Waals surface area contributed by atoms with E-state index in [0.29, 0.717) is 17.9 Å². The van der Waals surface area contributed by atoms with Crippen LogP contribution in [0.15, 0.2) is 28.7 Å². The third-order valence-corrected chi connectivity index (χ3v) is 2.51. The van der Waals surface area contributed by atoms with Gasteiger partial charge in [-0.25, -0.2) is 4.79 Å². The van der Waals surface area contributed by atoms with Gasteiger partial charge in [-0.05, 0) is 38.4 Å². The molecule has 0 aliphatic rings. The number of carboxylic acid groups (broad SMARTS) is 1. The fraction of sp³-hybridized carbons (Fsp3) is 0.308. The minimum absolute atomic E-state index is 0.0598. The van der Waals surface area contributed by atoms with E-state index < -0.39 is 5.97 Å². The van der Waals surface area contributed by atoms with Crippen molar-refractivity contribution in [1.29, 1.82) is 0 Å². The zero-order valence-electron chi connectivity index (χ0n) is 10.3. The lowest BCUT2D eigenvalue weighted by Gasteiger charge is -2.10. The third-order valence-electron chi connectivity index (χ3n) is 2.51. The monoisotopic (exact) mass is 249 g/mol. The molecule has 1 aromatic heterocycles. The van der Waals surface area contributed by atoms with Gasteiger partial charge in [-0.2, -0.15) is 0 Å². The van der Waals surface area contributed by atoms with Crippen molar-refractivity contribution >= 4 is 16.9 Å². The van der Waals surface area contributed by atoms with E-state index in [2.05, 4.69) is 0 Å². The number of hydrogen-bond acceptors (Lipinski definition) is 4. The first kappa shape index (κ1) is 12.4. The molecule has 0 bridgehead atoms. The van der Waals surface area contributed by atoms with Gasteiger partial charge >= 0.3 is 5.97 Å². The maximum absolute atomic E-state index is 10.8. The van der Waals surface area contributed by atoms with Crippen LogP contribution < -0.4 is 4.74 Å². The second-order valence-corrected chi connectivity index (χ2v) is 4.27. The largest absolute Gasteiger partial charge is 0.492 e. The van der Waals surface area contributed by atoms with Crippen LogP contribution >= 0.6 is 0 Å². The molecule has 0 unspecified atom stereocenters. The molecule has 0 atom stereocenters. The van der Waals surface area contributed by atoms with E-state index in [4.69, 9.17) is 14.3 Å². The second-order valence-electron chi connectivity index (χ2n) is 4.27. The van der Waals surface area contributed by atoms with Gasteiger partial charge in [0.25, 0.3) is 0 Å². The van der Waals surface area contributed by atoms with Gasteiger partial charge in [0.15, 0.2) is 0 Å². The van der Waals surface area contributed by atoms with Crippen LogP contribution in [0.25, 0.3) is 11.0 Å². The highest BCUT2D eigenvalue weighted by molar-refractivity contribution is 5.91. The molecule has 0 radical (unpaired) electrons. The van der Waals surface area contributed by atoms with Crippen molar-refractivity contribution in [3.05, 3.63) is 30.0 Å². The number of ether oxygens (including phenoxy) is 1. The molecule has 5 heteroatoms. The molecule has 2 aromatic rings. The van der Waals surface area contributed by atoms with E-state index in [1.165, 1.54) is 6.07 Å². The Balaban J connectivity index is 2.14. The fourth-order valence-electron chi connectivity index (χ4n) is 1.56. The number of carbonyl (C=O) groups is 1. The number of aromatic carboxylic acids is 1. The average molecular weight is 249 g/mol. The maximum Gasteiger partial charge on any atom is 0.371 e. The van der Waals surface area contributed by atoms with Gasteiger partial charge in [-0.15, -0.1) is 0 Å². The first-order chi connectivity index (χ1) is 8.56.